The molecule has 2 rings (SSSR count). The molecule has 0 bridgehead atoms. The van der Waals surface area contributed by atoms with E-state index in [4.69, 9.17) is 9.47 Å². The highest BCUT2D eigenvalue weighted by Crippen LogP contribution is 2.18. The second-order valence-corrected chi connectivity index (χ2v) is 6.50. The van der Waals surface area contributed by atoms with E-state index in [0.29, 0.717) is 19.8 Å². The Kier molecular flexibility index (Phi) is 8.86. The van der Waals surface area contributed by atoms with Crippen molar-refractivity contribution < 1.29 is 9.47 Å². The van der Waals surface area contributed by atoms with Gasteiger partial charge in [-0.15, -0.1) is 11.8 Å². The lowest BCUT2D eigenvalue weighted by molar-refractivity contribution is 0.172. The minimum Gasteiger partial charge on any atom is -0.493 e. The van der Waals surface area contributed by atoms with E-state index >= 15 is 0 Å². The Balaban J connectivity index is 1.86. The fourth-order valence-corrected chi connectivity index (χ4v) is 2.71. The highest BCUT2D eigenvalue weighted by molar-refractivity contribution is 7.98. The van der Waals surface area contributed by atoms with Crippen LogP contribution in [0.2, 0.25) is 0 Å². The van der Waals surface area contributed by atoms with Crippen LogP contribution >= 0.6 is 11.8 Å². The number of methoxy groups -OCH3 is 1. The molecule has 0 heterocycles. The van der Waals surface area contributed by atoms with Crippen LogP contribution in [0.25, 0.3) is 0 Å². The number of ether oxygens (including phenoxy) is 2. The van der Waals surface area contributed by atoms with Gasteiger partial charge in [0.2, 0.25) is 0 Å². The number of hydrogen-bond acceptors (Lipinski definition) is 4. The van der Waals surface area contributed by atoms with Crippen LogP contribution in [0.15, 0.2) is 58.4 Å². The number of anilines is 1. The molecule has 0 aromatic heterocycles. The van der Waals surface area contributed by atoms with Gasteiger partial charge in [-0.05, 0) is 36.1 Å². The van der Waals surface area contributed by atoms with Gasteiger partial charge in [0, 0.05) is 50.4 Å². The zero-order chi connectivity index (χ0) is 18.6. The van der Waals surface area contributed by atoms with Crippen LogP contribution in [0.3, 0.4) is 0 Å². The summed E-state index contributed by atoms with van der Waals surface area (Å²) in [6.45, 7) is 2.05. The lowest BCUT2D eigenvalue weighted by Crippen LogP contribution is -2.30. The van der Waals surface area contributed by atoms with Gasteiger partial charge in [0.1, 0.15) is 5.75 Å². The molecule has 5 nitrogen and oxygen atoms in total. The second-order valence-electron chi connectivity index (χ2n) is 5.62. The zero-order valence-electron chi connectivity index (χ0n) is 15.6. The number of hydrogen-bond donors (Lipinski definition) is 2. The van der Waals surface area contributed by atoms with Gasteiger partial charge >= 0.3 is 0 Å². The summed E-state index contributed by atoms with van der Waals surface area (Å²) in [6, 6.07) is 16.4. The summed E-state index contributed by atoms with van der Waals surface area (Å²) in [6.07, 6.45) is 2.95. The molecule has 0 spiro atoms. The molecule has 0 saturated heterocycles. The molecular weight excluding hydrogens is 346 g/mol. The van der Waals surface area contributed by atoms with Gasteiger partial charge < -0.3 is 20.1 Å². The molecule has 0 aliphatic heterocycles. The Hall–Kier alpha value is -2.18. The van der Waals surface area contributed by atoms with Gasteiger partial charge in [0.15, 0.2) is 5.96 Å². The van der Waals surface area contributed by atoms with Crippen LogP contribution in [0.1, 0.15) is 12.0 Å². The molecule has 2 aromatic rings. The third-order valence-electron chi connectivity index (χ3n) is 3.70. The molecule has 0 atom stereocenters. The number of aliphatic imine (C=N–C) groups is 1. The number of nitrogens with zero attached hydrogens (tertiary/aromatic N) is 1. The van der Waals surface area contributed by atoms with E-state index in [2.05, 4.69) is 46.1 Å². The number of nitrogens with one attached hydrogen (secondary N) is 2. The van der Waals surface area contributed by atoms with Crippen molar-refractivity contribution in [3.8, 4) is 5.75 Å². The second kappa shape index (κ2) is 11.4. The van der Waals surface area contributed by atoms with Crippen molar-refractivity contribution in [2.24, 2.45) is 4.99 Å². The molecule has 0 unspecified atom stereocenters. The van der Waals surface area contributed by atoms with Crippen LogP contribution in [0.5, 0.6) is 5.75 Å². The molecule has 2 aromatic carbocycles. The largest absolute Gasteiger partial charge is 0.493 e. The summed E-state index contributed by atoms with van der Waals surface area (Å²) in [4.78, 5) is 5.54. The van der Waals surface area contributed by atoms with Crippen molar-refractivity contribution in [1.82, 2.24) is 5.32 Å². The fraction of sp³-hybridized carbons (Fsp3) is 0.350. The Morgan fingerprint density at radius 1 is 1.12 bits per heavy atom. The summed E-state index contributed by atoms with van der Waals surface area (Å²) >= 11 is 1.74. The summed E-state index contributed by atoms with van der Waals surface area (Å²) in [5, 5.41) is 6.62. The van der Waals surface area contributed by atoms with Crippen LogP contribution in [-0.2, 0) is 11.3 Å². The molecule has 2 N–H and O–H groups in total. The average molecular weight is 374 g/mol. The maximum Gasteiger partial charge on any atom is 0.195 e. The minimum absolute atomic E-state index is 0.635. The van der Waals surface area contributed by atoms with E-state index < -0.39 is 0 Å². The molecule has 26 heavy (non-hydrogen) atoms. The topological polar surface area (TPSA) is 54.9 Å². The van der Waals surface area contributed by atoms with E-state index in [-0.39, 0.29) is 0 Å². The molecule has 0 aliphatic rings. The lowest BCUT2D eigenvalue weighted by Gasteiger charge is -2.13. The van der Waals surface area contributed by atoms with Gasteiger partial charge in [-0.1, -0.05) is 18.2 Å². The van der Waals surface area contributed by atoms with Crippen LogP contribution in [-0.4, -0.2) is 39.6 Å². The summed E-state index contributed by atoms with van der Waals surface area (Å²) in [7, 11) is 3.46. The molecule has 0 amide bonds. The van der Waals surface area contributed by atoms with E-state index in [1.165, 1.54) is 10.5 Å². The molecule has 0 saturated carbocycles. The Bertz CT molecular complexity index is 690. The number of thioether (sulfide) groups is 1. The third kappa shape index (κ3) is 6.98. The first-order valence-electron chi connectivity index (χ1n) is 8.57. The maximum atomic E-state index is 5.73. The molecule has 0 fully saturated rings. The van der Waals surface area contributed by atoms with Crippen molar-refractivity contribution in [1.29, 1.82) is 0 Å². The zero-order valence-corrected chi connectivity index (χ0v) is 16.4. The van der Waals surface area contributed by atoms with Gasteiger partial charge in [-0.25, -0.2) is 0 Å². The Morgan fingerprint density at radius 2 is 1.92 bits per heavy atom. The lowest BCUT2D eigenvalue weighted by atomic mass is 10.2. The van der Waals surface area contributed by atoms with Crippen molar-refractivity contribution >= 4 is 23.4 Å². The maximum absolute atomic E-state index is 5.73. The highest BCUT2D eigenvalue weighted by Gasteiger charge is 2.02. The molecular formula is C20H27N3O2S. The van der Waals surface area contributed by atoms with Crippen LogP contribution in [0, 0.1) is 0 Å². The van der Waals surface area contributed by atoms with Gasteiger partial charge in [0.05, 0.1) is 6.61 Å². The van der Waals surface area contributed by atoms with Gasteiger partial charge in [-0.2, -0.15) is 0 Å². The third-order valence-corrected chi connectivity index (χ3v) is 4.44. The van der Waals surface area contributed by atoms with Crippen LogP contribution < -0.4 is 15.4 Å². The van der Waals surface area contributed by atoms with Crippen molar-refractivity contribution in [2.45, 2.75) is 17.9 Å². The SMILES string of the molecule is CN=C(NCc1ccc(SC)cc1)Nc1cccc(OCCCOC)c1. The summed E-state index contributed by atoms with van der Waals surface area (Å²) in [5.41, 5.74) is 2.14. The van der Waals surface area contributed by atoms with E-state index in [1.54, 1.807) is 25.9 Å². The molecule has 6 heteroatoms. The summed E-state index contributed by atoms with van der Waals surface area (Å²) in [5.74, 6) is 1.55. The first kappa shape index (κ1) is 20.1. The normalized spacial score (nSPS) is 11.3. The van der Waals surface area contributed by atoms with E-state index in [1.807, 2.05) is 24.3 Å². The fourth-order valence-electron chi connectivity index (χ4n) is 2.30. The standard InChI is InChI=1S/C20H27N3O2S/c1-21-20(22-15-16-8-10-19(26-3)11-9-16)23-17-6-4-7-18(14-17)25-13-5-12-24-2/h4,6-11,14H,5,12-13,15H2,1-3H3,(H2,21,22,23). The molecule has 0 aliphatic carbocycles. The molecule has 140 valence electrons. The smallest absolute Gasteiger partial charge is 0.195 e. The number of rotatable bonds is 9. The molecule has 0 radical (unpaired) electrons. The minimum atomic E-state index is 0.635. The van der Waals surface area contributed by atoms with Crippen molar-refractivity contribution in [3.63, 3.8) is 0 Å². The number of benzene rings is 2. The number of guanidine groups is 1. The van der Waals surface area contributed by atoms with Gasteiger partial charge in [-0.3, -0.25) is 4.99 Å². The average Bonchev–Trinajstić information content (AvgIpc) is 2.69. The first-order chi connectivity index (χ1) is 12.7. The monoisotopic (exact) mass is 373 g/mol. The van der Waals surface area contributed by atoms with E-state index in [0.717, 1.165) is 23.8 Å². The predicted octanol–water partition coefficient (Wildman–Crippen LogP) is 4.01. The quantitative estimate of drug-likeness (QED) is 0.301. The Morgan fingerprint density at radius 3 is 2.62 bits per heavy atom. The first-order valence-corrected chi connectivity index (χ1v) is 9.80. The Labute approximate surface area is 160 Å². The van der Waals surface area contributed by atoms with Crippen LogP contribution in [0.4, 0.5) is 5.69 Å². The summed E-state index contributed by atoms with van der Waals surface area (Å²) < 4.78 is 10.8. The van der Waals surface area contributed by atoms with Crippen molar-refractivity contribution in [2.75, 3.05) is 38.9 Å². The van der Waals surface area contributed by atoms with E-state index in [9.17, 15) is 0 Å². The van der Waals surface area contributed by atoms with Gasteiger partial charge in [0.25, 0.3) is 0 Å². The van der Waals surface area contributed by atoms with Crippen molar-refractivity contribution in [3.05, 3.63) is 54.1 Å². The predicted molar refractivity (Wildman–Crippen MR) is 110 cm³/mol. The highest BCUT2D eigenvalue weighted by atomic mass is 32.2.